The highest BCUT2D eigenvalue weighted by atomic mass is 127. The number of aromatic amines is 1. The van der Waals surface area contributed by atoms with Gasteiger partial charge >= 0.3 is 0 Å². The summed E-state index contributed by atoms with van der Waals surface area (Å²) in [6.45, 7) is 0. The van der Waals surface area contributed by atoms with Crippen LogP contribution in [-0.4, -0.2) is 15.2 Å². The zero-order chi connectivity index (χ0) is 16.1. The molecule has 0 saturated heterocycles. The van der Waals surface area contributed by atoms with Crippen molar-refractivity contribution >= 4 is 60.3 Å². The molecule has 23 heavy (non-hydrogen) atoms. The van der Waals surface area contributed by atoms with Gasteiger partial charge in [0.15, 0.2) is 0 Å². The molecule has 0 aliphatic heterocycles. The summed E-state index contributed by atoms with van der Waals surface area (Å²) in [7, 11) is 0. The summed E-state index contributed by atoms with van der Waals surface area (Å²) < 4.78 is 30.1. The Morgan fingerprint density at radius 2 is 1.74 bits per heavy atom. The summed E-state index contributed by atoms with van der Waals surface area (Å²) in [6.07, 6.45) is 0. The summed E-state index contributed by atoms with van der Waals surface area (Å²) in [5.41, 5.74) is 1.33. The zero-order valence-electron chi connectivity index (χ0n) is 11.4. The molecule has 2 aromatic heterocycles. The maximum absolute atomic E-state index is 14.3. The quantitative estimate of drug-likeness (QED) is 0.365. The van der Waals surface area contributed by atoms with Gasteiger partial charge in [-0.25, -0.2) is 13.8 Å². The van der Waals surface area contributed by atoms with Crippen molar-refractivity contribution in [3.05, 3.63) is 56.2 Å². The van der Waals surface area contributed by atoms with Gasteiger partial charge in [-0.3, -0.25) is 5.10 Å². The van der Waals surface area contributed by atoms with Gasteiger partial charge in [0.05, 0.1) is 11.3 Å². The van der Waals surface area contributed by atoms with E-state index in [9.17, 15) is 8.78 Å². The minimum absolute atomic E-state index is 0.130. The molecule has 1 N–H and O–H groups in total. The molecule has 0 amide bonds. The first-order valence-corrected chi connectivity index (χ1v) is 8.50. The molecule has 0 radical (unpaired) electrons. The van der Waals surface area contributed by atoms with Crippen LogP contribution in [0, 0.1) is 15.2 Å². The summed E-state index contributed by atoms with van der Waals surface area (Å²) in [5.74, 6) is -1.28. The maximum Gasteiger partial charge on any atom is 0.135 e. The van der Waals surface area contributed by atoms with Crippen LogP contribution in [0.4, 0.5) is 8.78 Å². The lowest BCUT2D eigenvalue weighted by atomic mass is 10.0. The molecule has 0 bridgehead atoms. The van der Waals surface area contributed by atoms with Crippen molar-refractivity contribution in [2.24, 2.45) is 0 Å². The highest BCUT2D eigenvalue weighted by Crippen LogP contribution is 2.36. The average molecular weight is 486 g/mol. The van der Waals surface area contributed by atoms with E-state index < -0.39 is 11.6 Å². The van der Waals surface area contributed by atoms with Gasteiger partial charge in [0.1, 0.15) is 27.3 Å². The van der Waals surface area contributed by atoms with Gasteiger partial charge in [0.2, 0.25) is 0 Å². The monoisotopic (exact) mass is 485 g/mol. The molecule has 3 nitrogen and oxygen atoms in total. The fourth-order valence-electron chi connectivity index (χ4n) is 2.61. The van der Waals surface area contributed by atoms with Gasteiger partial charge < -0.3 is 0 Å². The number of H-pyrrole nitrogens is 1. The number of fused-ring (bicyclic) bond motifs is 3. The normalized spacial score (nSPS) is 11.5. The van der Waals surface area contributed by atoms with Gasteiger partial charge in [0, 0.05) is 14.3 Å². The predicted octanol–water partition coefficient (Wildman–Crippen LogP) is 5.42. The van der Waals surface area contributed by atoms with E-state index in [1.165, 1.54) is 18.2 Å². The SMILES string of the molecule is Fc1cccc(F)c1-c1nc2c(Br)[nH]nc2c2ccc(I)cc12. The highest BCUT2D eigenvalue weighted by molar-refractivity contribution is 14.1. The largest absolute Gasteiger partial charge is 0.269 e. The predicted molar refractivity (Wildman–Crippen MR) is 97.2 cm³/mol. The minimum Gasteiger partial charge on any atom is -0.269 e. The van der Waals surface area contributed by atoms with Crippen LogP contribution in [0.5, 0.6) is 0 Å². The van der Waals surface area contributed by atoms with Crippen molar-refractivity contribution in [2.75, 3.05) is 0 Å². The Hall–Kier alpha value is -1.61. The molecule has 0 unspecified atom stereocenters. The van der Waals surface area contributed by atoms with Crippen LogP contribution in [0.25, 0.3) is 33.1 Å². The van der Waals surface area contributed by atoms with E-state index in [0.29, 0.717) is 21.0 Å². The van der Waals surface area contributed by atoms with Crippen LogP contribution < -0.4 is 0 Å². The number of aromatic nitrogens is 3. The Balaban J connectivity index is 2.24. The fraction of sp³-hybridized carbons (Fsp3) is 0. The number of benzene rings is 2. The maximum atomic E-state index is 14.3. The van der Waals surface area contributed by atoms with E-state index in [2.05, 4.69) is 53.7 Å². The molecule has 2 aromatic carbocycles. The molecule has 114 valence electrons. The molecule has 2 heterocycles. The van der Waals surface area contributed by atoms with E-state index in [1.54, 1.807) is 0 Å². The minimum atomic E-state index is -0.642. The van der Waals surface area contributed by atoms with Gasteiger partial charge in [-0.1, -0.05) is 12.1 Å². The van der Waals surface area contributed by atoms with Crippen molar-refractivity contribution in [1.82, 2.24) is 15.2 Å². The van der Waals surface area contributed by atoms with Gasteiger partial charge in [-0.05, 0) is 62.8 Å². The van der Waals surface area contributed by atoms with Gasteiger partial charge in [0.25, 0.3) is 0 Å². The van der Waals surface area contributed by atoms with Crippen molar-refractivity contribution < 1.29 is 8.78 Å². The van der Waals surface area contributed by atoms with Crippen LogP contribution in [0.1, 0.15) is 0 Å². The smallest absolute Gasteiger partial charge is 0.135 e. The van der Waals surface area contributed by atoms with E-state index in [4.69, 9.17) is 0 Å². The first kappa shape index (κ1) is 14.9. The lowest BCUT2D eigenvalue weighted by molar-refractivity contribution is 0.589. The van der Waals surface area contributed by atoms with Crippen LogP contribution >= 0.6 is 38.5 Å². The molecule has 0 aliphatic rings. The topological polar surface area (TPSA) is 41.6 Å². The fourth-order valence-corrected chi connectivity index (χ4v) is 3.47. The third-order valence-electron chi connectivity index (χ3n) is 3.61. The lowest BCUT2D eigenvalue weighted by Gasteiger charge is -2.09. The molecular formula is C16H7BrF2IN3. The summed E-state index contributed by atoms with van der Waals surface area (Å²) in [4.78, 5) is 4.47. The van der Waals surface area contributed by atoms with Crippen molar-refractivity contribution in [2.45, 2.75) is 0 Å². The highest BCUT2D eigenvalue weighted by Gasteiger charge is 2.19. The van der Waals surface area contributed by atoms with Gasteiger partial charge in [-0.15, -0.1) is 0 Å². The van der Waals surface area contributed by atoms with E-state index in [0.717, 1.165) is 8.96 Å². The summed E-state index contributed by atoms with van der Waals surface area (Å²) in [6, 6.07) is 9.46. The zero-order valence-corrected chi connectivity index (χ0v) is 15.1. The molecule has 0 saturated carbocycles. The number of nitrogens with one attached hydrogen (secondary N) is 1. The Morgan fingerprint density at radius 1 is 1.00 bits per heavy atom. The Labute approximate surface area is 151 Å². The Kier molecular flexibility index (Phi) is 3.56. The van der Waals surface area contributed by atoms with Crippen molar-refractivity contribution in [3.8, 4) is 11.3 Å². The molecule has 7 heteroatoms. The summed E-state index contributed by atoms with van der Waals surface area (Å²) >= 11 is 5.50. The van der Waals surface area contributed by atoms with Crippen molar-refractivity contribution in [1.29, 1.82) is 0 Å². The standard InChI is InChI=1S/C16H7BrF2IN3/c17-16-15-14(22-23-16)8-5-4-7(20)6-9(8)13(21-15)12-10(18)2-1-3-11(12)19/h1-6H,(H,22,23). The first-order valence-electron chi connectivity index (χ1n) is 6.63. The molecule has 0 aliphatic carbocycles. The average Bonchev–Trinajstić information content (AvgIpc) is 2.88. The van der Waals surface area contributed by atoms with Crippen LogP contribution in [0.3, 0.4) is 0 Å². The molecule has 0 atom stereocenters. The molecule has 0 spiro atoms. The molecule has 4 aromatic rings. The van der Waals surface area contributed by atoms with Crippen LogP contribution in [-0.2, 0) is 0 Å². The second-order valence-corrected chi connectivity index (χ2v) is 7.02. The van der Waals surface area contributed by atoms with E-state index in [1.807, 2.05) is 18.2 Å². The van der Waals surface area contributed by atoms with Gasteiger partial charge in [-0.2, -0.15) is 5.10 Å². The third-order valence-corrected chi connectivity index (χ3v) is 4.84. The lowest BCUT2D eigenvalue weighted by Crippen LogP contribution is -1.95. The summed E-state index contributed by atoms with van der Waals surface area (Å²) in [5, 5.41) is 8.48. The number of hydrogen-bond acceptors (Lipinski definition) is 2. The van der Waals surface area contributed by atoms with E-state index in [-0.39, 0.29) is 11.3 Å². The number of pyridine rings is 1. The number of hydrogen-bond donors (Lipinski definition) is 1. The van der Waals surface area contributed by atoms with Crippen LogP contribution in [0.2, 0.25) is 0 Å². The molecular weight excluding hydrogens is 479 g/mol. The number of halogens is 4. The first-order chi connectivity index (χ1) is 11.1. The molecule has 4 rings (SSSR count). The second kappa shape index (κ2) is 5.48. The number of rotatable bonds is 1. The Morgan fingerprint density at radius 3 is 2.48 bits per heavy atom. The number of nitrogens with zero attached hydrogens (tertiary/aromatic N) is 2. The van der Waals surface area contributed by atoms with Crippen molar-refractivity contribution in [3.63, 3.8) is 0 Å². The molecule has 0 fully saturated rings. The van der Waals surface area contributed by atoms with E-state index >= 15 is 0 Å². The third kappa shape index (κ3) is 2.33. The second-order valence-electron chi connectivity index (χ2n) is 4.98. The Bertz CT molecular complexity index is 1060. The van der Waals surface area contributed by atoms with Crippen LogP contribution in [0.15, 0.2) is 41.0 Å².